The Hall–Kier alpha value is -1.51. The van der Waals surface area contributed by atoms with Crippen molar-refractivity contribution in [3.8, 4) is 0 Å². The molecule has 6 nitrogen and oxygen atoms in total. The lowest BCUT2D eigenvalue weighted by Crippen LogP contribution is -2.48. The van der Waals surface area contributed by atoms with Gasteiger partial charge in [0.1, 0.15) is 13.1 Å². The van der Waals surface area contributed by atoms with Crippen molar-refractivity contribution in [2.75, 3.05) is 32.8 Å². The molecule has 0 bridgehead atoms. The van der Waals surface area contributed by atoms with Gasteiger partial charge in [-0.05, 0) is 18.8 Å². The molecule has 1 unspecified atom stereocenters. The molecule has 0 saturated carbocycles. The van der Waals surface area contributed by atoms with Gasteiger partial charge in [0.2, 0.25) is 0 Å². The molecule has 0 aromatic rings. The molecule has 0 aromatic carbocycles. The molecule has 116 valence electrons. The monoisotopic (exact) mass is 298 g/mol. The minimum Gasteiger partial charge on any atom is -0.480 e. The molecular weight excluding hydrogens is 281 g/mol. The summed E-state index contributed by atoms with van der Waals surface area (Å²) in [6.07, 6.45) is -3.57. The fourth-order valence-corrected chi connectivity index (χ4v) is 2.20. The second-order valence-electron chi connectivity index (χ2n) is 4.76. The average Bonchev–Trinajstić information content (AvgIpc) is 2.73. The highest BCUT2D eigenvalue weighted by Gasteiger charge is 2.37. The summed E-state index contributed by atoms with van der Waals surface area (Å²) in [6.45, 7) is -2.10. The van der Waals surface area contributed by atoms with Crippen LogP contribution in [0.5, 0.6) is 0 Å². The van der Waals surface area contributed by atoms with Crippen LogP contribution in [0.1, 0.15) is 12.8 Å². The lowest BCUT2D eigenvalue weighted by molar-refractivity contribution is -0.149. The summed E-state index contributed by atoms with van der Waals surface area (Å²) >= 11 is 0. The lowest BCUT2D eigenvalue weighted by atomic mass is 10.1. The molecule has 0 aliphatic carbocycles. The van der Waals surface area contributed by atoms with Crippen LogP contribution in [0, 0.1) is 5.92 Å². The summed E-state index contributed by atoms with van der Waals surface area (Å²) in [7, 11) is 0. The summed E-state index contributed by atoms with van der Waals surface area (Å²) in [5, 5.41) is 17.4. The molecule has 1 aliphatic rings. The van der Waals surface area contributed by atoms with E-state index in [2.05, 4.69) is 0 Å². The minimum atomic E-state index is -4.64. The molecule has 1 fully saturated rings. The Morgan fingerprint density at radius 3 is 2.50 bits per heavy atom. The van der Waals surface area contributed by atoms with Gasteiger partial charge >= 0.3 is 18.2 Å². The van der Waals surface area contributed by atoms with Gasteiger partial charge in [-0.25, -0.2) is 4.79 Å². The van der Waals surface area contributed by atoms with E-state index in [0.29, 0.717) is 12.8 Å². The Morgan fingerprint density at radius 1 is 1.35 bits per heavy atom. The standard InChI is InChI=1S/C11H17F3N2O4/c12-11(13,14)7-16(6-9(18)19)10(20)15-3-1-8(5-15)2-4-17/h8,17H,1-7H2,(H,18,19). The normalized spacial score (nSPS) is 19.2. The van der Waals surface area contributed by atoms with Gasteiger partial charge in [0.05, 0.1) is 0 Å². The zero-order chi connectivity index (χ0) is 15.3. The van der Waals surface area contributed by atoms with E-state index in [1.807, 2.05) is 0 Å². The van der Waals surface area contributed by atoms with Crippen LogP contribution in [-0.2, 0) is 4.79 Å². The van der Waals surface area contributed by atoms with Crippen LogP contribution in [0.25, 0.3) is 0 Å². The number of carboxylic acid groups (broad SMARTS) is 1. The van der Waals surface area contributed by atoms with E-state index >= 15 is 0 Å². The highest BCUT2D eigenvalue weighted by atomic mass is 19.4. The number of rotatable bonds is 5. The van der Waals surface area contributed by atoms with Crippen LogP contribution in [0.4, 0.5) is 18.0 Å². The van der Waals surface area contributed by atoms with Crippen molar-refractivity contribution in [2.24, 2.45) is 5.92 Å². The zero-order valence-corrected chi connectivity index (χ0v) is 10.8. The molecule has 0 radical (unpaired) electrons. The van der Waals surface area contributed by atoms with E-state index in [0.717, 1.165) is 0 Å². The second kappa shape index (κ2) is 6.78. The summed E-state index contributed by atoms with van der Waals surface area (Å²) in [5.41, 5.74) is 0. The minimum absolute atomic E-state index is 0.0431. The number of hydrogen-bond acceptors (Lipinski definition) is 3. The van der Waals surface area contributed by atoms with Gasteiger partial charge in [-0.1, -0.05) is 0 Å². The number of aliphatic hydroxyl groups is 1. The number of nitrogens with zero attached hydrogens (tertiary/aromatic N) is 2. The number of hydrogen-bond donors (Lipinski definition) is 2. The Labute approximate surface area is 113 Å². The zero-order valence-electron chi connectivity index (χ0n) is 10.8. The van der Waals surface area contributed by atoms with E-state index < -0.39 is 31.3 Å². The maximum Gasteiger partial charge on any atom is 0.406 e. The van der Waals surface area contributed by atoms with Crippen molar-refractivity contribution in [1.29, 1.82) is 0 Å². The Kier molecular flexibility index (Phi) is 5.61. The highest BCUT2D eigenvalue weighted by molar-refractivity contribution is 5.80. The molecular formula is C11H17F3N2O4. The average molecular weight is 298 g/mol. The van der Waals surface area contributed by atoms with E-state index in [-0.39, 0.29) is 30.5 Å². The molecule has 2 amide bonds. The smallest absolute Gasteiger partial charge is 0.406 e. The van der Waals surface area contributed by atoms with Gasteiger partial charge in [-0.15, -0.1) is 0 Å². The fraction of sp³-hybridized carbons (Fsp3) is 0.818. The number of aliphatic carboxylic acids is 1. The summed E-state index contributed by atoms with van der Waals surface area (Å²) < 4.78 is 37.1. The number of halogens is 3. The Balaban J connectivity index is 2.66. The van der Waals surface area contributed by atoms with E-state index in [1.54, 1.807) is 0 Å². The van der Waals surface area contributed by atoms with Gasteiger partial charge in [0.15, 0.2) is 0 Å². The molecule has 1 aliphatic heterocycles. The van der Waals surface area contributed by atoms with E-state index in [9.17, 15) is 22.8 Å². The number of urea groups is 1. The van der Waals surface area contributed by atoms with Gasteiger partial charge in [-0.3, -0.25) is 4.79 Å². The molecule has 1 atom stereocenters. The maximum absolute atomic E-state index is 12.4. The van der Waals surface area contributed by atoms with Gasteiger partial charge < -0.3 is 20.0 Å². The summed E-state index contributed by atoms with van der Waals surface area (Å²) in [4.78, 5) is 24.0. The molecule has 1 heterocycles. The van der Waals surface area contributed by atoms with Crippen LogP contribution in [0.3, 0.4) is 0 Å². The molecule has 9 heteroatoms. The van der Waals surface area contributed by atoms with Crippen LogP contribution >= 0.6 is 0 Å². The number of alkyl halides is 3. The molecule has 0 spiro atoms. The van der Waals surface area contributed by atoms with Crippen LogP contribution in [0.2, 0.25) is 0 Å². The number of likely N-dealkylation sites (tertiary alicyclic amines) is 1. The van der Waals surface area contributed by atoms with Crippen LogP contribution in [-0.4, -0.2) is 71.0 Å². The van der Waals surface area contributed by atoms with Crippen molar-refractivity contribution in [2.45, 2.75) is 19.0 Å². The molecule has 20 heavy (non-hydrogen) atoms. The third-order valence-corrected chi connectivity index (χ3v) is 3.06. The second-order valence-corrected chi connectivity index (χ2v) is 4.76. The van der Waals surface area contributed by atoms with Crippen molar-refractivity contribution >= 4 is 12.0 Å². The van der Waals surface area contributed by atoms with Crippen LogP contribution in [0.15, 0.2) is 0 Å². The third-order valence-electron chi connectivity index (χ3n) is 3.06. The number of amides is 2. The first kappa shape index (κ1) is 16.5. The maximum atomic E-state index is 12.4. The first-order chi connectivity index (χ1) is 9.23. The SMILES string of the molecule is O=C(O)CN(CC(F)(F)F)C(=O)N1CCC(CCO)C1. The first-order valence-electron chi connectivity index (χ1n) is 6.16. The molecule has 0 aromatic heterocycles. The quantitative estimate of drug-likeness (QED) is 0.785. The molecule has 1 saturated heterocycles. The predicted octanol–water partition coefficient (Wildman–Crippen LogP) is 0.760. The van der Waals surface area contributed by atoms with Crippen molar-refractivity contribution in [3.63, 3.8) is 0 Å². The molecule has 2 N–H and O–H groups in total. The lowest BCUT2D eigenvalue weighted by Gasteiger charge is -2.27. The van der Waals surface area contributed by atoms with E-state index in [1.165, 1.54) is 4.90 Å². The van der Waals surface area contributed by atoms with E-state index in [4.69, 9.17) is 10.2 Å². The molecule has 1 rings (SSSR count). The van der Waals surface area contributed by atoms with Gasteiger partial charge in [0.25, 0.3) is 0 Å². The van der Waals surface area contributed by atoms with Crippen molar-refractivity contribution in [1.82, 2.24) is 9.80 Å². The Bertz CT molecular complexity index is 362. The summed E-state index contributed by atoms with van der Waals surface area (Å²) in [6, 6.07) is -0.926. The van der Waals surface area contributed by atoms with Gasteiger partial charge in [-0.2, -0.15) is 13.2 Å². The third kappa shape index (κ3) is 5.24. The Morgan fingerprint density at radius 2 is 2.00 bits per heavy atom. The largest absolute Gasteiger partial charge is 0.480 e. The van der Waals surface area contributed by atoms with Crippen LogP contribution < -0.4 is 0 Å². The predicted molar refractivity (Wildman–Crippen MR) is 62.0 cm³/mol. The topological polar surface area (TPSA) is 81.1 Å². The van der Waals surface area contributed by atoms with Gasteiger partial charge in [0, 0.05) is 19.7 Å². The van der Waals surface area contributed by atoms with Crippen molar-refractivity contribution in [3.05, 3.63) is 0 Å². The summed E-state index contributed by atoms with van der Waals surface area (Å²) in [5.74, 6) is -1.45. The number of carbonyl (C=O) groups excluding carboxylic acids is 1. The number of aliphatic hydroxyl groups excluding tert-OH is 1. The fourth-order valence-electron chi connectivity index (χ4n) is 2.20. The number of carboxylic acids is 1. The van der Waals surface area contributed by atoms with Crippen molar-refractivity contribution < 1.29 is 33.0 Å². The first-order valence-corrected chi connectivity index (χ1v) is 6.16. The number of carbonyl (C=O) groups is 2. The highest BCUT2D eigenvalue weighted by Crippen LogP contribution is 2.22.